The molecule has 0 fully saturated rings. The van der Waals surface area contributed by atoms with Gasteiger partial charge in [-0.25, -0.2) is 4.79 Å². The molecule has 0 spiro atoms. The van der Waals surface area contributed by atoms with Gasteiger partial charge in [0.2, 0.25) is 0 Å². The van der Waals surface area contributed by atoms with E-state index in [1.807, 2.05) is 25.8 Å². The predicted molar refractivity (Wildman–Crippen MR) is 70.1 cm³/mol. The molecule has 1 heterocycles. The maximum atomic E-state index is 12.0. The Bertz CT molecular complexity index is 525. The minimum atomic E-state index is -0.730. The number of nitrogens with one attached hydrogen (secondary N) is 3. The SMILES string of the molecule is CC(C)(C)C(CCO)NC(=O)c1cc(=O)[nH]c(=O)[nH]1. The van der Waals surface area contributed by atoms with Gasteiger partial charge in [0, 0.05) is 18.7 Å². The van der Waals surface area contributed by atoms with Crippen molar-refractivity contribution in [1.82, 2.24) is 15.3 Å². The summed E-state index contributed by atoms with van der Waals surface area (Å²) in [6.45, 7) is 5.71. The third-order valence-corrected chi connectivity index (χ3v) is 2.77. The number of hydrogen-bond donors (Lipinski definition) is 4. The molecule has 1 unspecified atom stereocenters. The number of carbonyl (C=O) groups is 1. The first-order chi connectivity index (χ1) is 8.74. The topological polar surface area (TPSA) is 115 Å². The number of amides is 1. The quantitative estimate of drug-likeness (QED) is 0.594. The molecule has 0 aliphatic rings. The second-order valence-corrected chi connectivity index (χ2v) is 5.41. The molecule has 0 radical (unpaired) electrons. The lowest BCUT2D eigenvalue weighted by molar-refractivity contribution is 0.0879. The summed E-state index contributed by atoms with van der Waals surface area (Å²) in [7, 11) is 0. The van der Waals surface area contributed by atoms with E-state index in [4.69, 9.17) is 5.11 Å². The Morgan fingerprint density at radius 2 is 2.00 bits per heavy atom. The molecule has 7 heteroatoms. The molecule has 0 aliphatic heterocycles. The fourth-order valence-electron chi connectivity index (χ4n) is 1.68. The number of rotatable bonds is 4. The Morgan fingerprint density at radius 1 is 1.37 bits per heavy atom. The van der Waals surface area contributed by atoms with Gasteiger partial charge in [-0.1, -0.05) is 20.8 Å². The van der Waals surface area contributed by atoms with Crippen molar-refractivity contribution in [3.8, 4) is 0 Å². The number of carbonyl (C=O) groups excluding carboxylic acids is 1. The molecule has 0 aromatic carbocycles. The van der Waals surface area contributed by atoms with Gasteiger partial charge < -0.3 is 15.4 Å². The van der Waals surface area contributed by atoms with Gasteiger partial charge in [0.25, 0.3) is 11.5 Å². The van der Waals surface area contributed by atoms with Crippen LogP contribution < -0.4 is 16.6 Å². The smallest absolute Gasteiger partial charge is 0.326 e. The van der Waals surface area contributed by atoms with Gasteiger partial charge in [0.15, 0.2) is 0 Å². The zero-order chi connectivity index (χ0) is 14.6. The molecule has 7 nitrogen and oxygen atoms in total. The average molecular weight is 269 g/mol. The number of aromatic nitrogens is 2. The molecule has 1 atom stereocenters. The van der Waals surface area contributed by atoms with E-state index >= 15 is 0 Å². The van der Waals surface area contributed by atoms with Crippen LogP contribution in [0, 0.1) is 5.41 Å². The lowest BCUT2D eigenvalue weighted by atomic mass is 9.85. The van der Waals surface area contributed by atoms with E-state index in [9.17, 15) is 14.4 Å². The van der Waals surface area contributed by atoms with Crippen LogP contribution in [0.15, 0.2) is 15.7 Å². The fraction of sp³-hybridized carbons (Fsp3) is 0.583. The second kappa shape index (κ2) is 5.83. The van der Waals surface area contributed by atoms with E-state index in [0.717, 1.165) is 6.07 Å². The minimum Gasteiger partial charge on any atom is -0.396 e. The van der Waals surface area contributed by atoms with E-state index in [-0.39, 0.29) is 23.8 Å². The summed E-state index contributed by atoms with van der Waals surface area (Å²) in [6.07, 6.45) is 0.392. The molecule has 19 heavy (non-hydrogen) atoms. The summed E-state index contributed by atoms with van der Waals surface area (Å²) < 4.78 is 0. The summed E-state index contributed by atoms with van der Waals surface area (Å²) in [4.78, 5) is 38.4. The van der Waals surface area contributed by atoms with Crippen LogP contribution >= 0.6 is 0 Å². The van der Waals surface area contributed by atoms with Gasteiger partial charge in [0.05, 0.1) is 0 Å². The van der Waals surface area contributed by atoms with Gasteiger partial charge in [-0.05, 0) is 11.8 Å². The second-order valence-electron chi connectivity index (χ2n) is 5.41. The Morgan fingerprint density at radius 3 is 2.47 bits per heavy atom. The number of H-pyrrole nitrogens is 2. The molecule has 4 N–H and O–H groups in total. The zero-order valence-corrected chi connectivity index (χ0v) is 11.2. The van der Waals surface area contributed by atoms with E-state index in [1.165, 1.54) is 0 Å². The summed E-state index contributed by atoms with van der Waals surface area (Å²) in [5, 5.41) is 11.7. The molecule has 106 valence electrons. The van der Waals surface area contributed by atoms with Crippen LogP contribution in [0.2, 0.25) is 0 Å². The van der Waals surface area contributed by atoms with E-state index in [2.05, 4.69) is 10.3 Å². The minimum absolute atomic E-state index is 0.0614. The number of aliphatic hydroxyl groups is 1. The van der Waals surface area contributed by atoms with Crippen molar-refractivity contribution in [2.45, 2.75) is 33.2 Å². The van der Waals surface area contributed by atoms with Gasteiger partial charge in [-0.15, -0.1) is 0 Å². The normalized spacial score (nSPS) is 13.1. The zero-order valence-electron chi connectivity index (χ0n) is 11.2. The third-order valence-electron chi connectivity index (χ3n) is 2.77. The van der Waals surface area contributed by atoms with Gasteiger partial charge in [-0.3, -0.25) is 14.6 Å². The van der Waals surface area contributed by atoms with Crippen molar-refractivity contribution in [3.63, 3.8) is 0 Å². The number of aromatic amines is 2. The fourth-order valence-corrected chi connectivity index (χ4v) is 1.68. The van der Waals surface area contributed by atoms with Crippen LogP contribution in [-0.4, -0.2) is 33.6 Å². The monoisotopic (exact) mass is 269 g/mol. The third kappa shape index (κ3) is 4.36. The van der Waals surface area contributed by atoms with Crippen LogP contribution in [-0.2, 0) is 0 Å². The first-order valence-corrected chi connectivity index (χ1v) is 5.99. The summed E-state index contributed by atoms with van der Waals surface area (Å²) in [5.41, 5.74) is -1.71. The van der Waals surface area contributed by atoms with Crippen molar-refractivity contribution in [1.29, 1.82) is 0 Å². The highest BCUT2D eigenvalue weighted by Crippen LogP contribution is 2.21. The predicted octanol–water partition coefficient (Wildman–Crippen LogP) is -0.410. The highest BCUT2D eigenvalue weighted by Gasteiger charge is 2.26. The van der Waals surface area contributed by atoms with Crippen LogP contribution in [0.3, 0.4) is 0 Å². The Balaban J connectivity index is 2.94. The van der Waals surface area contributed by atoms with E-state index < -0.39 is 17.2 Å². The van der Waals surface area contributed by atoms with Gasteiger partial charge >= 0.3 is 5.69 Å². The van der Waals surface area contributed by atoms with Crippen molar-refractivity contribution < 1.29 is 9.90 Å². The molecule has 0 saturated carbocycles. The lowest BCUT2D eigenvalue weighted by Crippen LogP contribution is -2.45. The molecule has 0 aliphatic carbocycles. The molecule has 0 bridgehead atoms. The lowest BCUT2D eigenvalue weighted by Gasteiger charge is -2.31. The summed E-state index contributed by atoms with van der Waals surface area (Å²) in [6, 6.07) is 0.753. The van der Waals surface area contributed by atoms with Crippen LogP contribution in [0.25, 0.3) is 0 Å². The van der Waals surface area contributed by atoms with Crippen molar-refractivity contribution in [3.05, 3.63) is 32.6 Å². The highest BCUT2D eigenvalue weighted by molar-refractivity contribution is 5.92. The van der Waals surface area contributed by atoms with Gasteiger partial charge in [-0.2, -0.15) is 0 Å². The van der Waals surface area contributed by atoms with Crippen molar-refractivity contribution in [2.75, 3.05) is 6.61 Å². The summed E-state index contributed by atoms with van der Waals surface area (Å²) >= 11 is 0. The van der Waals surface area contributed by atoms with E-state index in [1.54, 1.807) is 0 Å². The van der Waals surface area contributed by atoms with Gasteiger partial charge in [0.1, 0.15) is 5.69 Å². The summed E-state index contributed by atoms with van der Waals surface area (Å²) in [5.74, 6) is -0.545. The Kier molecular flexibility index (Phi) is 4.66. The highest BCUT2D eigenvalue weighted by atomic mass is 16.3. The molecule has 1 rings (SSSR count). The Labute approximate surface area is 110 Å². The molecular weight excluding hydrogens is 250 g/mol. The van der Waals surface area contributed by atoms with Crippen LogP contribution in [0.1, 0.15) is 37.7 Å². The van der Waals surface area contributed by atoms with Crippen molar-refractivity contribution in [2.24, 2.45) is 5.41 Å². The van der Waals surface area contributed by atoms with Crippen LogP contribution in [0.4, 0.5) is 0 Å². The first kappa shape index (κ1) is 15.2. The number of hydrogen-bond acceptors (Lipinski definition) is 4. The van der Waals surface area contributed by atoms with Crippen molar-refractivity contribution >= 4 is 5.91 Å². The molecule has 0 saturated heterocycles. The molecule has 1 aromatic rings. The molecule has 1 aromatic heterocycles. The Hall–Kier alpha value is -1.89. The average Bonchev–Trinajstić information content (AvgIpc) is 2.25. The number of aliphatic hydroxyl groups excluding tert-OH is 1. The van der Waals surface area contributed by atoms with E-state index in [0.29, 0.717) is 6.42 Å². The maximum Gasteiger partial charge on any atom is 0.326 e. The molecular formula is C12H19N3O4. The standard InChI is InChI=1S/C12H19N3O4/c1-12(2,3)8(4-5-16)14-10(18)7-6-9(17)15-11(19)13-7/h6,8,16H,4-5H2,1-3H3,(H,14,18)(H2,13,15,17,19). The maximum absolute atomic E-state index is 12.0. The molecule has 1 amide bonds. The first-order valence-electron chi connectivity index (χ1n) is 5.99. The largest absolute Gasteiger partial charge is 0.396 e. The van der Waals surface area contributed by atoms with Crippen LogP contribution in [0.5, 0.6) is 0 Å².